The highest BCUT2D eigenvalue weighted by Gasteiger charge is 2.16. The predicted molar refractivity (Wildman–Crippen MR) is 81.9 cm³/mol. The molecule has 2 heterocycles. The van der Waals surface area contributed by atoms with Crippen LogP contribution in [0.2, 0.25) is 0 Å². The number of nitrogens with zero attached hydrogens (tertiary/aromatic N) is 1. The maximum Gasteiger partial charge on any atom is 0.0594 e. The number of ether oxygens (including phenoxy) is 1. The van der Waals surface area contributed by atoms with Crippen LogP contribution >= 0.6 is 0 Å². The lowest BCUT2D eigenvalue weighted by Gasteiger charge is -2.28. The summed E-state index contributed by atoms with van der Waals surface area (Å²) in [7, 11) is 0. The molecule has 0 aliphatic carbocycles. The minimum absolute atomic E-state index is 0.676. The zero-order chi connectivity index (χ0) is 13.6. The average molecular weight is 274 g/mol. The van der Waals surface area contributed by atoms with Gasteiger partial charge in [0.25, 0.3) is 0 Å². The number of rotatable bonds is 4. The number of hydrogen-bond acceptors (Lipinski definition) is 3. The van der Waals surface area contributed by atoms with Crippen molar-refractivity contribution in [3.63, 3.8) is 0 Å². The highest BCUT2D eigenvalue weighted by Crippen LogP contribution is 2.18. The van der Waals surface area contributed by atoms with Crippen molar-refractivity contribution in [1.82, 2.24) is 10.2 Å². The number of hydrogen-bond donors (Lipinski definition) is 1. The summed E-state index contributed by atoms with van der Waals surface area (Å²) in [4.78, 5) is 2.51. The molecule has 0 saturated carbocycles. The fourth-order valence-corrected chi connectivity index (χ4v) is 3.27. The molecule has 1 atom stereocenters. The molecule has 3 heteroatoms. The highest BCUT2D eigenvalue weighted by molar-refractivity contribution is 5.28. The van der Waals surface area contributed by atoms with Gasteiger partial charge in [0.05, 0.1) is 13.2 Å². The van der Waals surface area contributed by atoms with E-state index in [4.69, 9.17) is 4.74 Å². The third-order valence-corrected chi connectivity index (χ3v) is 4.49. The lowest BCUT2D eigenvalue weighted by atomic mass is 9.94. The molecule has 2 saturated heterocycles. The molecule has 1 aromatic rings. The Hall–Kier alpha value is -0.900. The van der Waals surface area contributed by atoms with E-state index in [1.807, 2.05) is 0 Å². The van der Waals surface area contributed by atoms with Gasteiger partial charge in [-0.25, -0.2) is 0 Å². The van der Waals surface area contributed by atoms with Gasteiger partial charge in [-0.05, 0) is 36.9 Å². The summed E-state index contributed by atoms with van der Waals surface area (Å²) >= 11 is 0. The van der Waals surface area contributed by atoms with E-state index in [0.717, 1.165) is 32.8 Å². The van der Waals surface area contributed by atoms with Crippen LogP contribution in [0, 0.1) is 0 Å². The SMILES string of the molecule is c1ccc(CN2CCOCC2)c(CC2CCCCN2)c1. The standard InChI is InChI=1S/C17H26N2O/c1-2-6-16(14-19-9-11-20-12-10-19)15(5-1)13-17-7-3-4-8-18-17/h1-2,5-6,17-18H,3-4,7-14H2. The Morgan fingerprint density at radius 2 is 1.90 bits per heavy atom. The molecule has 0 bridgehead atoms. The van der Waals surface area contributed by atoms with Gasteiger partial charge in [0.2, 0.25) is 0 Å². The van der Waals surface area contributed by atoms with Crippen LogP contribution in [0.4, 0.5) is 0 Å². The number of piperidine rings is 1. The first-order chi connectivity index (χ1) is 9.92. The van der Waals surface area contributed by atoms with E-state index in [1.165, 1.54) is 43.4 Å². The number of nitrogens with one attached hydrogen (secondary N) is 1. The van der Waals surface area contributed by atoms with Crippen molar-refractivity contribution in [3.05, 3.63) is 35.4 Å². The minimum atomic E-state index is 0.676. The summed E-state index contributed by atoms with van der Waals surface area (Å²) < 4.78 is 5.44. The Balaban J connectivity index is 1.63. The molecular weight excluding hydrogens is 248 g/mol. The van der Waals surface area contributed by atoms with E-state index < -0.39 is 0 Å². The smallest absolute Gasteiger partial charge is 0.0594 e. The van der Waals surface area contributed by atoms with Crippen molar-refractivity contribution in [2.45, 2.75) is 38.3 Å². The summed E-state index contributed by atoms with van der Waals surface area (Å²) in [6, 6.07) is 9.64. The molecule has 110 valence electrons. The first-order valence-electron chi connectivity index (χ1n) is 8.02. The molecule has 1 N–H and O–H groups in total. The van der Waals surface area contributed by atoms with Crippen molar-refractivity contribution >= 4 is 0 Å². The maximum atomic E-state index is 5.44. The van der Waals surface area contributed by atoms with Crippen molar-refractivity contribution < 1.29 is 4.74 Å². The summed E-state index contributed by atoms with van der Waals surface area (Å²) in [6.45, 7) is 6.16. The minimum Gasteiger partial charge on any atom is -0.379 e. The predicted octanol–water partition coefficient (Wildman–Crippen LogP) is 2.20. The van der Waals surface area contributed by atoms with Crippen LogP contribution in [0.15, 0.2) is 24.3 Å². The first kappa shape index (κ1) is 14.1. The van der Waals surface area contributed by atoms with Crippen LogP contribution in [0.1, 0.15) is 30.4 Å². The fraction of sp³-hybridized carbons (Fsp3) is 0.647. The summed E-state index contributed by atoms with van der Waals surface area (Å²) in [5.41, 5.74) is 3.03. The molecule has 3 nitrogen and oxygen atoms in total. The number of morpholine rings is 1. The average Bonchev–Trinajstić information content (AvgIpc) is 2.51. The second kappa shape index (κ2) is 7.21. The van der Waals surface area contributed by atoms with E-state index in [0.29, 0.717) is 6.04 Å². The molecule has 0 radical (unpaired) electrons. The third-order valence-electron chi connectivity index (χ3n) is 4.49. The van der Waals surface area contributed by atoms with E-state index >= 15 is 0 Å². The van der Waals surface area contributed by atoms with Crippen LogP contribution in [-0.2, 0) is 17.7 Å². The second-order valence-electron chi connectivity index (χ2n) is 6.01. The van der Waals surface area contributed by atoms with Gasteiger partial charge in [0.1, 0.15) is 0 Å². The lowest BCUT2D eigenvalue weighted by Crippen LogP contribution is -2.37. The van der Waals surface area contributed by atoms with E-state index in [-0.39, 0.29) is 0 Å². The van der Waals surface area contributed by atoms with Gasteiger partial charge in [0.15, 0.2) is 0 Å². The highest BCUT2D eigenvalue weighted by atomic mass is 16.5. The Bertz CT molecular complexity index is 370. The van der Waals surface area contributed by atoms with Crippen LogP contribution in [0.25, 0.3) is 0 Å². The van der Waals surface area contributed by atoms with Gasteiger partial charge in [-0.3, -0.25) is 4.90 Å². The molecule has 0 spiro atoms. The summed E-state index contributed by atoms with van der Waals surface area (Å²) in [6.07, 6.45) is 5.22. The quantitative estimate of drug-likeness (QED) is 0.911. The van der Waals surface area contributed by atoms with Gasteiger partial charge in [-0.2, -0.15) is 0 Å². The van der Waals surface area contributed by atoms with E-state index in [1.54, 1.807) is 0 Å². The van der Waals surface area contributed by atoms with Crippen molar-refractivity contribution in [3.8, 4) is 0 Å². The molecule has 0 aromatic heterocycles. The molecule has 20 heavy (non-hydrogen) atoms. The zero-order valence-corrected chi connectivity index (χ0v) is 12.3. The van der Waals surface area contributed by atoms with Gasteiger partial charge in [-0.15, -0.1) is 0 Å². The summed E-state index contributed by atoms with van der Waals surface area (Å²) in [5, 5.41) is 3.66. The van der Waals surface area contributed by atoms with Crippen LogP contribution in [-0.4, -0.2) is 43.8 Å². The third kappa shape index (κ3) is 3.81. The maximum absolute atomic E-state index is 5.44. The van der Waals surface area contributed by atoms with Gasteiger partial charge in [0, 0.05) is 25.7 Å². The molecular formula is C17H26N2O. The zero-order valence-electron chi connectivity index (χ0n) is 12.3. The lowest BCUT2D eigenvalue weighted by molar-refractivity contribution is 0.0340. The van der Waals surface area contributed by atoms with Crippen molar-refractivity contribution in [2.24, 2.45) is 0 Å². The second-order valence-corrected chi connectivity index (χ2v) is 6.01. The monoisotopic (exact) mass is 274 g/mol. The molecule has 2 aliphatic rings. The van der Waals surface area contributed by atoms with E-state index in [9.17, 15) is 0 Å². The molecule has 0 amide bonds. The molecule has 3 rings (SSSR count). The van der Waals surface area contributed by atoms with Crippen molar-refractivity contribution in [1.29, 1.82) is 0 Å². The largest absolute Gasteiger partial charge is 0.379 e. The molecule has 1 aromatic carbocycles. The topological polar surface area (TPSA) is 24.5 Å². The van der Waals surface area contributed by atoms with Crippen LogP contribution in [0.3, 0.4) is 0 Å². The molecule has 1 unspecified atom stereocenters. The number of benzene rings is 1. The van der Waals surface area contributed by atoms with Crippen molar-refractivity contribution in [2.75, 3.05) is 32.8 Å². The van der Waals surface area contributed by atoms with Gasteiger partial charge >= 0.3 is 0 Å². The Kier molecular flexibility index (Phi) is 5.06. The Morgan fingerprint density at radius 1 is 1.10 bits per heavy atom. The van der Waals surface area contributed by atoms with Crippen LogP contribution < -0.4 is 5.32 Å². The molecule has 2 aliphatic heterocycles. The first-order valence-corrected chi connectivity index (χ1v) is 8.02. The molecule has 2 fully saturated rings. The van der Waals surface area contributed by atoms with Crippen LogP contribution in [0.5, 0.6) is 0 Å². The van der Waals surface area contributed by atoms with Gasteiger partial charge < -0.3 is 10.1 Å². The Morgan fingerprint density at radius 3 is 2.65 bits per heavy atom. The fourth-order valence-electron chi connectivity index (χ4n) is 3.27. The van der Waals surface area contributed by atoms with Gasteiger partial charge in [-0.1, -0.05) is 30.7 Å². The van der Waals surface area contributed by atoms with E-state index in [2.05, 4.69) is 34.5 Å². The summed E-state index contributed by atoms with van der Waals surface area (Å²) in [5.74, 6) is 0. The Labute approximate surface area is 122 Å². The normalized spacial score (nSPS) is 24.7.